The number of benzene rings is 2. The fourth-order valence-corrected chi connectivity index (χ4v) is 6.69. The predicted molar refractivity (Wildman–Crippen MR) is 134 cm³/mol. The minimum absolute atomic E-state index is 0.0641. The van der Waals surface area contributed by atoms with Crippen LogP contribution in [0.2, 0.25) is 0 Å². The maximum absolute atomic E-state index is 13.9. The van der Waals surface area contributed by atoms with Crippen LogP contribution in [0.25, 0.3) is 5.00 Å². The second-order valence-electron chi connectivity index (χ2n) is 9.04. The van der Waals surface area contributed by atoms with Crippen LogP contribution >= 0.6 is 11.3 Å². The Bertz CT molecular complexity index is 1320. The van der Waals surface area contributed by atoms with E-state index in [0.717, 1.165) is 35.3 Å². The first kappa shape index (κ1) is 20.3. The molecule has 0 unspecified atom stereocenters. The van der Waals surface area contributed by atoms with Crippen molar-refractivity contribution in [2.24, 2.45) is 0 Å². The number of nitrogens with one attached hydrogen (secondary N) is 1. The molecule has 1 N–H and O–H groups in total. The average Bonchev–Trinajstić information content (AvgIpc) is 3.41. The zero-order chi connectivity index (χ0) is 22.4. The van der Waals surface area contributed by atoms with E-state index in [2.05, 4.69) is 52.5 Å². The fourth-order valence-electron chi connectivity index (χ4n) is 5.29. The number of amides is 2. The molecule has 2 amide bonds. The number of aromatic nitrogens is 1. The highest BCUT2D eigenvalue weighted by molar-refractivity contribution is 7.15. The van der Waals surface area contributed by atoms with Gasteiger partial charge in [0, 0.05) is 22.3 Å². The van der Waals surface area contributed by atoms with Crippen LogP contribution in [0.4, 0.5) is 10.5 Å². The Labute approximate surface area is 198 Å². The first-order chi connectivity index (χ1) is 16.2. The Morgan fingerprint density at radius 1 is 0.970 bits per heavy atom. The van der Waals surface area contributed by atoms with Gasteiger partial charge >= 0.3 is 6.03 Å². The van der Waals surface area contributed by atoms with Crippen LogP contribution in [-0.4, -0.2) is 15.5 Å². The van der Waals surface area contributed by atoms with Gasteiger partial charge in [-0.05, 0) is 73.6 Å². The molecule has 0 fully saturated rings. The minimum atomic E-state index is -0.162. The molecule has 4 aromatic rings. The molecule has 166 valence electrons. The molecule has 2 aliphatic rings. The van der Waals surface area contributed by atoms with E-state index in [9.17, 15) is 4.79 Å². The van der Waals surface area contributed by atoms with Gasteiger partial charge in [-0.2, -0.15) is 0 Å². The van der Waals surface area contributed by atoms with E-state index >= 15 is 0 Å². The molecule has 1 aliphatic carbocycles. The Kier molecular flexibility index (Phi) is 5.07. The summed E-state index contributed by atoms with van der Waals surface area (Å²) in [5.74, 6) is 0. The molecule has 3 heterocycles. The van der Waals surface area contributed by atoms with E-state index in [0.29, 0.717) is 6.54 Å². The number of carbonyl (C=O) groups is 1. The number of carbonyl (C=O) groups excluding carboxylic acids is 1. The van der Waals surface area contributed by atoms with Gasteiger partial charge in [-0.3, -0.25) is 0 Å². The summed E-state index contributed by atoms with van der Waals surface area (Å²) in [6.07, 6.45) is 6.91. The Morgan fingerprint density at radius 3 is 2.67 bits per heavy atom. The minimum Gasteiger partial charge on any atom is -0.310 e. The molecule has 0 saturated carbocycles. The normalized spacial score (nSPS) is 17.0. The number of rotatable bonds is 2. The van der Waals surface area contributed by atoms with Gasteiger partial charge in [0.25, 0.3) is 0 Å². The summed E-state index contributed by atoms with van der Waals surface area (Å²) in [7, 11) is 0. The lowest BCUT2D eigenvalue weighted by Gasteiger charge is -2.31. The van der Waals surface area contributed by atoms with Crippen LogP contribution < -0.4 is 5.32 Å². The summed E-state index contributed by atoms with van der Waals surface area (Å²) in [6.45, 7) is 2.66. The van der Waals surface area contributed by atoms with Gasteiger partial charge in [-0.1, -0.05) is 42.5 Å². The number of aryl methyl sites for hydroxylation is 2. The van der Waals surface area contributed by atoms with Crippen molar-refractivity contribution >= 4 is 23.1 Å². The zero-order valence-electron chi connectivity index (χ0n) is 18.8. The molecule has 1 aliphatic heterocycles. The van der Waals surface area contributed by atoms with Crippen molar-refractivity contribution in [1.29, 1.82) is 0 Å². The summed E-state index contributed by atoms with van der Waals surface area (Å²) in [6, 6.07) is 22.5. The number of hydrogen-bond donors (Lipinski definition) is 1. The lowest BCUT2D eigenvalue weighted by atomic mass is 9.95. The van der Waals surface area contributed by atoms with Crippen molar-refractivity contribution in [3.63, 3.8) is 0 Å². The Hall–Kier alpha value is -3.31. The summed E-state index contributed by atoms with van der Waals surface area (Å²) < 4.78 is 2.33. The Morgan fingerprint density at radius 2 is 1.82 bits per heavy atom. The number of urea groups is 1. The fraction of sp³-hybridized carbons (Fsp3) is 0.250. The smallest absolute Gasteiger partial charge is 0.310 e. The van der Waals surface area contributed by atoms with Crippen LogP contribution in [0, 0.1) is 6.92 Å². The van der Waals surface area contributed by atoms with Crippen molar-refractivity contribution in [2.45, 2.75) is 45.2 Å². The van der Waals surface area contributed by atoms with Crippen LogP contribution in [0.15, 0.2) is 72.9 Å². The van der Waals surface area contributed by atoms with E-state index in [1.807, 2.05) is 53.5 Å². The third-order valence-corrected chi connectivity index (χ3v) is 8.16. The van der Waals surface area contributed by atoms with Gasteiger partial charge in [-0.25, -0.2) is 4.79 Å². The van der Waals surface area contributed by atoms with Crippen LogP contribution in [0.3, 0.4) is 0 Å². The number of nitrogens with zero attached hydrogens (tertiary/aromatic N) is 2. The number of fused-ring (bicyclic) bond motifs is 5. The van der Waals surface area contributed by atoms with E-state index in [1.54, 1.807) is 0 Å². The van der Waals surface area contributed by atoms with Crippen molar-refractivity contribution in [3.05, 3.63) is 106 Å². The maximum atomic E-state index is 13.9. The molecular formula is C28H27N3OS. The molecule has 33 heavy (non-hydrogen) atoms. The molecule has 6 rings (SSSR count). The van der Waals surface area contributed by atoms with Crippen LogP contribution in [-0.2, 0) is 19.4 Å². The van der Waals surface area contributed by atoms with Crippen molar-refractivity contribution in [3.8, 4) is 5.00 Å². The molecular weight excluding hydrogens is 426 g/mol. The summed E-state index contributed by atoms with van der Waals surface area (Å²) in [4.78, 5) is 17.4. The molecule has 2 aromatic heterocycles. The maximum Gasteiger partial charge on any atom is 0.322 e. The van der Waals surface area contributed by atoms with E-state index in [4.69, 9.17) is 0 Å². The lowest BCUT2D eigenvalue weighted by molar-refractivity contribution is 0.194. The molecule has 2 aromatic carbocycles. The van der Waals surface area contributed by atoms with Crippen molar-refractivity contribution in [2.75, 3.05) is 5.32 Å². The SMILES string of the molecule is Cc1cccc(NC(=O)N2Cc3c(sc4c3CCCC4)-n3cccc3[C@@H]2c2ccccc2)c1. The molecule has 5 heteroatoms. The van der Waals surface area contributed by atoms with Crippen molar-refractivity contribution in [1.82, 2.24) is 9.47 Å². The highest BCUT2D eigenvalue weighted by atomic mass is 32.1. The van der Waals surface area contributed by atoms with E-state index in [1.165, 1.54) is 33.8 Å². The van der Waals surface area contributed by atoms with Gasteiger partial charge in [0.05, 0.1) is 18.3 Å². The molecule has 4 nitrogen and oxygen atoms in total. The molecule has 0 radical (unpaired) electrons. The second-order valence-corrected chi connectivity index (χ2v) is 10.1. The lowest BCUT2D eigenvalue weighted by Crippen LogP contribution is -2.38. The highest BCUT2D eigenvalue weighted by Crippen LogP contribution is 2.44. The number of hydrogen-bond acceptors (Lipinski definition) is 2. The first-order valence-electron chi connectivity index (χ1n) is 11.7. The second kappa shape index (κ2) is 8.23. The van der Waals surface area contributed by atoms with Gasteiger partial charge in [0.15, 0.2) is 0 Å². The summed E-state index contributed by atoms with van der Waals surface area (Å²) in [5, 5.41) is 4.47. The molecule has 0 saturated heterocycles. The largest absolute Gasteiger partial charge is 0.322 e. The predicted octanol–water partition coefficient (Wildman–Crippen LogP) is 6.86. The third kappa shape index (κ3) is 3.57. The molecule has 1 atom stereocenters. The van der Waals surface area contributed by atoms with Crippen LogP contribution in [0.1, 0.15) is 51.7 Å². The van der Waals surface area contributed by atoms with Gasteiger partial charge in [-0.15, -0.1) is 11.3 Å². The number of thiophene rings is 1. The standard InChI is InChI=1S/C28H27N3OS/c1-19-9-7-12-21(17-19)29-28(32)31-18-23-22-13-5-6-15-25(22)33-27(23)30-16-8-14-24(30)26(31)20-10-3-2-4-11-20/h2-4,7-12,14,16-17,26H,5-6,13,15,18H2,1H3,(H,29,32)/t26-/m0/s1. The average molecular weight is 454 g/mol. The van der Waals surface area contributed by atoms with Crippen LogP contribution in [0.5, 0.6) is 0 Å². The number of anilines is 1. The monoisotopic (exact) mass is 453 g/mol. The molecule has 0 spiro atoms. The topological polar surface area (TPSA) is 37.3 Å². The summed E-state index contributed by atoms with van der Waals surface area (Å²) in [5.41, 5.74) is 7.03. The third-order valence-electron chi connectivity index (χ3n) is 6.82. The Balaban J connectivity index is 1.50. The highest BCUT2D eigenvalue weighted by Gasteiger charge is 2.36. The van der Waals surface area contributed by atoms with Gasteiger partial charge in [0.2, 0.25) is 0 Å². The zero-order valence-corrected chi connectivity index (χ0v) is 19.6. The van der Waals surface area contributed by atoms with Crippen molar-refractivity contribution < 1.29 is 4.79 Å². The first-order valence-corrected chi connectivity index (χ1v) is 12.5. The molecule has 0 bridgehead atoms. The van der Waals surface area contributed by atoms with Gasteiger partial charge in [0.1, 0.15) is 5.00 Å². The summed E-state index contributed by atoms with van der Waals surface area (Å²) >= 11 is 1.92. The van der Waals surface area contributed by atoms with Gasteiger partial charge < -0.3 is 14.8 Å². The van der Waals surface area contributed by atoms with E-state index < -0.39 is 0 Å². The van der Waals surface area contributed by atoms with E-state index in [-0.39, 0.29) is 12.1 Å². The quantitative estimate of drug-likeness (QED) is 0.354.